The summed E-state index contributed by atoms with van der Waals surface area (Å²) in [5, 5.41) is 0.172. The third-order valence-electron chi connectivity index (χ3n) is 8.43. The molecule has 1 heterocycles. The van der Waals surface area contributed by atoms with Crippen LogP contribution in [0.2, 0.25) is 18.1 Å². The Kier molecular flexibility index (Phi) is 8.31. The number of fused-ring (bicyclic) bond motifs is 1. The Morgan fingerprint density at radius 1 is 1.08 bits per heavy atom. The maximum absolute atomic E-state index is 12.2. The van der Waals surface area contributed by atoms with Gasteiger partial charge < -0.3 is 14.1 Å². The summed E-state index contributed by atoms with van der Waals surface area (Å²) >= 11 is 0. The van der Waals surface area contributed by atoms with Gasteiger partial charge in [0, 0.05) is 30.8 Å². The molecule has 0 bridgehead atoms. The van der Waals surface area contributed by atoms with Crippen LogP contribution in [0.1, 0.15) is 73.0 Å². The normalized spacial score (nSPS) is 15.5. The van der Waals surface area contributed by atoms with Crippen LogP contribution in [0, 0.1) is 0 Å². The average molecular weight is 531 g/mol. The van der Waals surface area contributed by atoms with E-state index in [0.29, 0.717) is 11.5 Å². The number of rotatable bonds is 8. The quantitative estimate of drug-likeness (QED) is 0.218. The first kappa shape index (κ1) is 27.9. The molecule has 3 aromatic rings. The highest BCUT2D eigenvalue weighted by Crippen LogP contribution is 2.39. The molecule has 0 fully saturated rings. The molecule has 2 aromatic carbocycles. The van der Waals surface area contributed by atoms with E-state index in [0.717, 1.165) is 36.3 Å². The molecule has 0 saturated heterocycles. The smallest absolute Gasteiger partial charge is 0.338 e. The second kappa shape index (κ2) is 11.3. The summed E-state index contributed by atoms with van der Waals surface area (Å²) in [7, 11) is 1.70. The number of esters is 1. The first-order chi connectivity index (χ1) is 18.0. The Bertz CT molecular complexity index is 1260. The average Bonchev–Trinajstić information content (AvgIpc) is 2.90. The Labute approximate surface area is 229 Å². The lowest BCUT2D eigenvalue weighted by Crippen LogP contribution is -2.43. The molecule has 38 heavy (non-hydrogen) atoms. The van der Waals surface area contributed by atoms with Crippen molar-refractivity contribution in [1.29, 1.82) is 0 Å². The molecule has 0 aliphatic heterocycles. The van der Waals surface area contributed by atoms with Gasteiger partial charge in [-0.3, -0.25) is 4.98 Å². The fourth-order valence-corrected chi connectivity index (χ4v) is 6.04. The van der Waals surface area contributed by atoms with Gasteiger partial charge in [0.1, 0.15) is 5.75 Å². The Morgan fingerprint density at radius 2 is 1.79 bits per heavy atom. The predicted octanol–water partition coefficient (Wildman–Crippen LogP) is 8.07. The van der Waals surface area contributed by atoms with Gasteiger partial charge in [-0.1, -0.05) is 26.8 Å². The molecule has 0 radical (unpaired) electrons. The summed E-state index contributed by atoms with van der Waals surface area (Å²) < 4.78 is 11.4. The van der Waals surface area contributed by atoms with Crippen LogP contribution in [0.15, 0.2) is 60.9 Å². The molecule has 1 atom stereocenters. The zero-order valence-corrected chi connectivity index (χ0v) is 25.0. The predicted molar refractivity (Wildman–Crippen MR) is 158 cm³/mol. The highest BCUT2D eigenvalue weighted by Gasteiger charge is 2.39. The number of pyridine rings is 1. The molecule has 0 unspecified atom stereocenters. The fourth-order valence-electron chi connectivity index (χ4n) is 5.01. The van der Waals surface area contributed by atoms with Crippen LogP contribution in [-0.4, -0.2) is 33.4 Å². The zero-order valence-electron chi connectivity index (χ0n) is 24.0. The Hall–Kier alpha value is -3.12. The van der Waals surface area contributed by atoms with E-state index in [9.17, 15) is 4.79 Å². The lowest BCUT2D eigenvalue weighted by atomic mass is 9.79. The fraction of sp³-hybridized carbons (Fsp3) is 0.438. The molecule has 0 saturated carbocycles. The van der Waals surface area contributed by atoms with Gasteiger partial charge in [-0.15, -0.1) is 0 Å². The third-order valence-corrected chi connectivity index (χ3v) is 12.8. The SMILES string of the molecule is COC(=O)c1ccncc1CC[C@@H]1CCCc2cc(N(C)c3ccc(O[Si](C)(C)C(C)(C)C)cc3)ccc21. The molecule has 202 valence electrons. The summed E-state index contributed by atoms with van der Waals surface area (Å²) in [6.45, 7) is 11.4. The first-order valence-corrected chi connectivity index (χ1v) is 16.6. The van der Waals surface area contributed by atoms with E-state index < -0.39 is 8.32 Å². The number of hydrogen-bond acceptors (Lipinski definition) is 5. The molecule has 0 amide bonds. The van der Waals surface area contributed by atoms with Crippen LogP contribution in [0.25, 0.3) is 0 Å². The van der Waals surface area contributed by atoms with E-state index in [4.69, 9.17) is 9.16 Å². The third kappa shape index (κ3) is 6.12. The molecule has 0 spiro atoms. The molecule has 1 aliphatic carbocycles. The van der Waals surface area contributed by atoms with Crippen LogP contribution >= 0.6 is 0 Å². The number of carbonyl (C=O) groups excluding carboxylic acids is 1. The number of benzene rings is 2. The minimum atomic E-state index is -1.86. The van der Waals surface area contributed by atoms with Gasteiger partial charge >= 0.3 is 5.97 Å². The van der Waals surface area contributed by atoms with Crippen molar-refractivity contribution in [3.8, 4) is 5.75 Å². The Morgan fingerprint density at radius 3 is 2.47 bits per heavy atom. The molecule has 5 nitrogen and oxygen atoms in total. The number of anilines is 2. The minimum Gasteiger partial charge on any atom is -0.544 e. The molecular weight excluding hydrogens is 488 g/mol. The molecule has 6 heteroatoms. The van der Waals surface area contributed by atoms with Crippen molar-refractivity contribution >= 4 is 25.7 Å². The summed E-state index contributed by atoms with van der Waals surface area (Å²) in [4.78, 5) is 18.7. The highest BCUT2D eigenvalue weighted by molar-refractivity contribution is 6.74. The van der Waals surface area contributed by atoms with Crippen molar-refractivity contribution in [2.45, 2.75) is 76.9 Å². The van der Waals surface area contributed by atoms with Crippen molar-refractivity contribution in [3.05, 3.63) is 83.2 Å². The van der Waals surface area contributed by atoms with Gasteiger partial charge in [-0.25, -0.2) is 4.79 Å². The number of aryl methyl sites for hydroxylation is 2. The standard InChI is InChI=1S/C32H42N2O3Si/c1-32(2,3)38(6,7)37-28-16-13-26(14-17-28)34(4)27-15-18-29-23(9-8-10-24(29)21-27)11-12-25-22-33-20-19-30(25)31(35)36-5/h13-23H,8-12H2,1-7H3/t23-/m0/s1. The van der Waals surface area contributed by atoms with Crippen molar-refractivity contribution in [3.63, 3.8) is 0 Å². The van der Waals surface area contributed by atoms with E-state index in [1.165, 1.54) is 36.8 Å². The largest absolute Gasteiger partial charge is 0.544 e. The monoisotopic (exact) mass is 530 g/mol. The van der Waals surface area contributed by atoms with E-state index in [-0.39, 0.29) is 11.0 Å². The lowest BCUT2D eigenvalue weighted by Gasteiger charge is -2.36. The number of nitrogens with zero attached hydrogens (tertiary/aromatic N) is 2. The molecule has 1 aliphatic rings. The van der Waals surface area contributed by atoms with Crippen LogP contribution in [-0.2, 0) is 17.6 Å². The summed E-state index contributed by atoms with van der Waals surface area (Å²) in [6.07, 6.45) is 8.72. The van der Waals surface area contributed by atoms with Crippen molar-refractivity contribution in [1.82, 2.24) is 4.98 Å². The number of methoxy groups -OCH3 is 1. The highest BCUT2D eigenvalue weighted by atomic mass is 28.4. The van der Waals surface area contributed by atoms with Gasteiger partial charge in [0.2, 0.25) is 8.32 Å². The maximum Gasteiger partial charge on any atom is 0.338 e. The maximum atomic E-state index is 12.2. The van der Waals surface area contributed by atoms with Gasteiger partial charge in [0.25, 0.3) is 0 Å². The van der Waals surface area contributed by atoms with Crippen LogP contribution in [0.3, 0.4) is 0 Å². The first-order valence-electron chi connectivity index (χ1n) is 13.7. The molecule has 1 aromatic heterocycles. The van der Waals surface area contributed by atoms with Gasteiger partial charge in [0.15, 0.2) is 0 Å². The van der Waals surface area contributed by atoms with Crippen LogP contribution in [0.5, 0.6) is 5.75 Å². The second-order valence-corrected chi connectivity index (χ2v) is 16.7. The zero-order chi connectivity index (χ0) is 27.5. The second-order valence-electron chi connectivity index (χ2n) is 12.0. The van der Waals surface area contributed by atoms with Gasteiger partial charge in [-0.05, 0) is 115 Å². The van der Waals surface area contributed by atoms with Crippen molar-refractivity contribution in [2.75, 3.05) is 19.1 Å². The molecular formula is C32H42N2O3Si. The number of carbonyl (C=O) groups is 1. The molecule has 4 rings (SSSR count). The number of ether oxygens (including phenoxy) is 1. The van der Waals surface area contributed by atoms with Crippen LogP contribution in [0.4, 0.5) is 11.4 Å². The van der Waals surface area contributed by atoms with Crippen LogP contribution < -0.4 is 9.33 Å². The topological polar surface area (TPSA) is 51.7 Å². The van der Waals surface area contributed by atoms with Crippen molar-refractivity contribution < 1.29 is 14.0 Å². The summed E-state index contributed by atoms with van der Waals surface area (Å²) in [5.74, 6) is 1.14. The molecule has 0 N–H and O–H groups in total. The van der Waals surface area contributed by atoms with E-state index in [1.807, 2.05) is 0 Å². The lowest BCUT2D eigenvalue weighted by molar-refractivity contribution is 0.0599. The van der Waals surface area contributed by atoms with Gasteiger partial charge in [0.05, 0.1) is 12.7 Å². The summed E-state index contributed by atoms with van der Waals surface area (Å²) in [5.41, 5.74) is 6.80. The van der Waals surface area contributed by atoms with Gasteiger partial charge in [-0.2, -0.15) is 0 Å². The van der Waals surface area contributed by atoms with E-state index in [2.05, 4.69) is 93.3 Å². The number of hydrogen-bond donors (Lipinski definition) is 0. The Balaban J connectivity index is 1.46. The van der Waals surface area contributed by atoms with E-state index in [1.54, 1.807) is 18.5 Å². The van der Waals surface area contributed by atoms with Crippen molar-refractivity contribution in [2.24, 2.45) is 0 Å². The van der Waals surface area contributed by atoms with E-state index >= 15 is 0 Å². The summed E-state index contributed by atoms with van der Waals surface area (Å²) in [6, 6.07) is 17.2. The number of aromatic nitrogens is 1. The minimum absolute atomic E-state index is 0.172.